The second-order valence-corrected chi connectivity index (χ2v) is 8.37. The lowest BCUT2D eigenvalue weighted by atomic mass is 9.99. The van der Waals surface area contributed by atoms with E-state index in [1.807, 2.05) is 86.6 Å². The first kappa shape index (κ1) is 22.9. The molecular formula is C27H27N5O2. The summed E-state index contributed by atoms with van der Waals surface area (Å²) >= 11 is 0. The summed E-state index contributed by atoms with van der Waals surface area (Å²) in [5.41, 5.74) is 8.69. The van der Waals surface area contributed by atoms with E-state index in [0.29, 0.717) is 22.7 Å². The molecule has 1 heterocycles. The van der Waals surface area contributed by atoms with Crippen LogP contribution in [0.25, 0.3) is 22.0 Å². The summed E-state index contributed by atoms with van der Waals surface area (Å²) in [6, 6.07) is 24.2. The van der Waals surface area contributed by atoms with Crippen LogP contribution in [0.4, 0.5) is 5.82 Å². The maximum Gasteiger partial charge on any atom is 0.252 e. The lowest BCUT2D eigenvalue weighted by Gasteiger charge is -2.21. The van der Waals surface area contributed by atoms with E-state index in [9.17, 15) is 9.59 Å². The van der Waals surface area contributed by atoms with Crippen molar-refractivity contribution in [3.63, 3.8) is 0 Å². The first-order valence-electron chi connectivity index (χ1n) is 11.2. The first-order chi connectivity index (χ1) is 16.4. The molecule has 1 aromatic heterocycles. The molecule has 1 atom stereocenters. The minimum atomic E-state index is -0.585. The van der Waals surface area contributed by atoms with Gasteiger partial charge in [0.15, 0.2) is 5.82 Å². The SMILES string of the molecule is CC(C)[C@H](Nc1nc(CNC(=O)c2ccccc2-c2ccccc2)nc2ccccc12)C(N)=O. The third kappa shape index (κ3) is 5.04. The third-order valence-electron chi connectivity index (χ3n) is 5.58. The molecule has 4 N–H and O–H groups in total. The standard InChI is InChI=1S/C27H27N5O2/c1-17(2)24(25(28)33)32-26-21-14-8-9-15-22(21)30-23(31-26)16-29-27(34)20-13-7-6-12-19(20)18-10-4-3-5-11-18/h3-15,17,24H,16H2,1-2H3,(H2,28,33)(H,29,34)(H,30,31,32)/t24-/m0/s1. The molecule has 3 aromatic carbocycles. The quantitative estimate of drug-likeness (QED) is 0.371. The Hall–Kier alpha value is -4.26. The zero-order valence-electron chi connectivity index (χ0n) is 19.2. The summed E-state index contributed by atoms with van der Waals surface area (Å²) in [5, 5.41) is 6.88. The van der Waals surface area contributed by atoms with Crippen molar-refractivity contribution in [1.82, 2.24) is 15.3 Å². The maximum absolute atomic E-state index is 13.1. The zero-order chi connectivity index (χ0) is 24.1. The summed E-state index contributed by atoms with van der Waals surface area (Å²) in [5.74, 6) is 0.243. The Bertz CT molecular complexity index is 1320. The number of nitrogens with zero attached hydrogens (tertiary/aromatic N) is 2. The molecule has 0 saturated heterocycles. The molecule has 0 unspecified atom stereocenters. The van der Waals surface area contributed by atoms with Gasteiger partial charge in [-0.1, -0.05) is 74.5 Å². The molecule has 0 aliphatic carbocycles. The third-order valence-corrected chi connectivity index (χ3v) is 5.58. The Morgan fingerprint density at radius 1 is 0.882 bits per heavy atom. The fourth-order valence-corrected chi connectivity index (χ4v) is 3.83. The van der Waals surface area contributed by atoms with Gasteiger partial charge in [-0.05, 0) is 35.2 Å². The number of hydrogen-bond donors (Lipinski definition) is 3. The van der Waals surface area contributed by atoms with E-state index in [2.05, 4.69) is 20.6 Å². The van der Waals surface area contributed by atoms with Crippen LogP contribution >= 0.6 is 0 Å². The Morgan fingerprint density at radius 3 is 2.29 bits per heavy atom. The number of benzene rings is 3. The second-order valence-electron chi connectivity index (χ2n) is 8.37. The predicted molar refractivity (Wildman–Crippen MR) is 134 cm³/mol. The zero-order valence-corrected chi connectivity index (χ0v) is 19.2. The molecule has 172 valence electrons. The molecule has 0 saturated carbocycles. The van der Waals surface area contributed by atoms with Gasteiger partial charge < -0.3 is 16.4 Å². The number of primary amides is 1. The molecule has 0 radical (unpaired) electrons. The van der Waals surface area contributed by atoms with Crippen molar-refractivity contribution in [2.24, 2.45) is 11.7 Å². The van der Waals surface area contributed by atoms with Gasteiger partial charge in [-0.3, -0.25) is 9.59 Å². The van der Waals surface area contributed by atoms with E-state index in [4.69, 9.17) is 5.73 Å². The van der Waals surface area contributed by atoms with Crippen molar-refractivity contribution in [1.29, 1.82) is 0 Å². The smallest absolute Gasteiger partial charge is 0.252 e. The number of para-hydroxylation sites is 1. The molecule has 0 aliphatic heterocycles. The van der Waals surface area contributed by atoms with Gasteiger partial charge in [-0.15, -0.1) is 0 Å². The summed E-state index contributed by atoms with van der Waals surface area (Å²) in [7, 11) is 0. The van der Waals surface area contributed by atoms with Crippen LogP contribution in [-0.2, 0) is 11.3 Å². The number of amides is 2. The van der Waals surface area contributed by atoms with Gasteiger partial charge in [0.05, 0.1) is 12.1 Å². The number of hydrogen-bond acceptors (Lipinski definition) is 5. The average molecular weight is 454 g/mol. The van der Waals surface area contributed by atoms with Crippen LogP contribution < -0.4 is 16.4 Å². The number of nitrogens with one attached hydrogen (secondary N) is 2. The lowest BCUT2D eigenvalue weighted by molar-refractivity contribution is -0.119. The number of rotatable bonds is 8. The number of anilines is 1. The highest BCUT2D eigenvalue weighted by molar-refractivity contribution is 6.01. The Labute approximate surface area is 198 Å². The number of nitrogens with two attached hydrogens (primary N) is 1. The highest BCUT2D eigenvalue weighted by Gasteiger charge is 2.21. The van der Waals surface area contributed by atoms with Crippen LogP contribution in [0.1, 0.15) is 30.0 Å². The minimum absolute atomic E-state index is 0.0242. The van der Waals surface area contributed by atoms with Crippen LogP contribution in [0.3, 0.4) is 0 Å². The van der Waals surface area contributed by atoms with Crippen LogP contribution in [0.5, 0.6) is 0 Å². The van der Waals surface area contributed by atoms with Crippen molar-refractivity contribution >= 4 is 28.5 Å². The molecule has 7 nitrogen and oxygen atoms in total. The fraction of sp³-hybridized carbons (Fsp3) is 0.185. The van der Waals surface area contributed by atoms with E-state index >= 15 is 0 Å². The number of carbonyl (C=O) groups excluding carboxylic acids is 2. The van der Waals surface area contributed by atoms with Gasteiger partial charge in [0, 0.05) is 10.9 Å². The van der Waals surface area contributed by atoms with Gasteiger partial charge in [-0.25, -0.2) is 9.97 Å². The Balaban J connectivity index is 1.60. The van der Waals surface area contributed by atoms with E-state index in [-0.39, 0.29) is 18.4 Å². The normalized spacial score (nSPS) is 11.9. The molecule has 4 rings (SSSR count). The van der Waals surface area contributed by atoms with E-state index in [1.165, 1.54) is 0 Å². The van der Waals surface area contributed by atoms with Crippen molar-refractivity contribution in [2.45, 2.75) is 26.4 Å². The van der Waals surface area contributed by atoms with Crippen LogP contribution in [0.2, 0.25) is 0 Å². The molecule has 0 bridgehead atoms. The highest BCUT2D eigenvalue weighted by Crippen LogP contribution is 2.24. The molecular weight excluding hydrogens is 426 g/mol. The van der Waals surface area contributed by atoms with Crippen LogP contribution in [-0.4, -0.2) is 27.8 Å². The maximum atomic E-state index is 13.1. The Kier molecular flexibility index (Phi) is 6.82. The summed E-state index contributed by atoms with van der Waals surface area (Å²) in [4.78, 5) is 34.2. The van der Waals surface area contributed by atoms with Crippen LogP contribution in [0, 0.1) is 5.92 Å². The monoisotopic (exact) mass is 453 g/mol. The summed E-state index contributed by atoms with van der Waals surface area (Å²) < 4.78 is 0. The van der Waals surface area contributed by atoms with Gasteiger partial charge in [0.2, 0.25) is 5.91 Å². The van der Waals surface area contributed by atoms with Gasteiger partial charge in [0.25, 0.3) is 5.91 Å². The molecule has 0 fully saturated rings. The fourth-order valence-electron chi connectivity index (χ4n) is 3.83. The largest absolute Gasteiger partial charge is 0.368 e. The van der Waals surface area contributed by atoms with Gasteiger partial charge in [-0.2, -0.15) is 0 Å². The number of aromatic nitrogens is 2. The van der Waals surface area contributed by atoms with Crippen molar-refractivity contribution in [3.05, 3.63) is 90.3 Å². The average Bonchev–Trinajstić information content (AvgIpc) is 2.85. The molecule has 2 amide bonds. The van der Waals surface area contributed by atoms with Crippen molar-refractivity contribution in [2.75, 3.05) is 5.32 Å². The van der Waals surface area contributed by atoms with Crippen molar-refractivity contribution in [3.8, 4) is 11.1 Å². The van der Waals surface area contributed by atoms with Crippen molar-refractivity contribution < 1.29 is 9.59 Å². The molecule has 34 heavy (non-hydrogen) atoms. The summed E-state index contributed by atoms with van der Waals surface area (Å²) in [6.07, 6.45) is 0. The second kappa shape index (κ2) is 10.1. The van der Waals surface area contributed by atoms with Crippen LogP contribution in [0.15, 0.2) is 78.9 Å². The Morgan fingerprint density at radius 2 is 1.56 bits per heavy atom. The molecule has 7 heteroatoms. The number of carbonyl (C=O) groups is 2. The van der Waals surface area contributed by atoms with E-state index in [0.717, 1.165) is 16.5 Å². The summed E-state index contributed by atoms with van der Waals surface area (Å²) in [6.45, 7) is 3.96. The van der Waals surface area contributed by atoms with Gasteiger partial charge >= 0.3 is 0 Å². The highest BCUT2D eigenvalue weighted by atomic mass is 16.2. The van der Waals surface area contributed by atoms with E-state index in [1.54, 1.807) is 6.07 Å². The minimum Gasteiger partial charge on any atom is -0.368 e. The molecule has 4 aromatic rings. The predicted octanol–water partition coefficient (Wildman–Crippen LogP) is 4.15. The van der Waals surface area contributed by atoms with E-state index < -0.39 is 11.9 Å². The topological polar surface area (TPSA) is 110 Å². The molecule has 0 aliphatic rings. The lowest BCUT2D eigenvalue weighted by Crippen LogP contribution is -2.40. The first-order valence-corrected chi connectivity index (χ1v) is 11.2. The molecule has 0 spiro atoms. The number of fused-ring (bicyclic) bond motifs is 1. The van der Waals surface area contributed by atoms with Gasteiger partial charge in [0.1, 0.15) is 11.9 Å².